The Morgan fingerprint density at radius 1 is 1.16 bits per heavy atom. The molecule has 0 amide bonds. The van der Waals surface area contributed by atoms with Gasteiger partial charge < -0.3 is 8.98 Å². The van der Waals surface area contributed by atoms with Crippen LogP contribution in [0.5, 0.6) is 0 Å². The molecule has 3 nitrogen and oxygen atoms in total. The summed E-state index contributed by atoms with van der Waals surface area (Å²) in [5.74, 6) is 0.567. The monoisotopic (exact) mass is 508 g/mol. The third-order valence-corrected chi connectivity index (χ3v) is 4.17. The molecule has 1 aromatic carbocycles. The SMILES string of the molecule is [CH2-][n+]1ccccc1-c1[c-]ccc2c1oc1nc(CC(C)C)ccc12.[Ir]. The van der Waals surface area contributed by atoms with Gasteiger partial charge in [0.1, 0.15) is 5.69 Å². The molecule has 4 aromatic rings. The molecule has 0 bridgehead atoms. The minimum absolute atomic E-state index is 0. The van der Waals surface area contributed by atoms with E-state index in [1.54, 1.807) is 0 Å². The van der Waals surface area contributed by atoms with E-state index in [9.17, 15) is 0 Å². The summed E-state index contributed by atoms with van der Waals surface area (Å²) in [7, 11) is 4.04. The molecule has 0 aliphatic rings. The molecule has 3 heterocycles. The summed E-state index contributed by atoms with van der Waals surface area (Å²) in [5.41, 5.74) is 4.44. The molecule has 25 heavy (non-hydrogen) atoms. The number of furan rings is 1. The molecule has 129 valence electrons. The molecule has 4 rings (SSSR count). The zero-order valence-electron chi connectivity index (χ0n) is 14.2. The first-order valence-electron chi connectivity index (χ1n) is 8.18. The predicted molar refractivity (Wildman–Crippen MR) is 95.3 cm³/mol. The van der Waals surface area contributed by atoms with Crippen LogP contribution in [-0.2, 0) is 26.5 Å². The van der Waals surface area contributed by atoms with Gasteiger partial charge in [-0.05, 0) is 36.1 Å². The van der Waals surface area contributed by atoms with Gasteiger partial charge in [0.15, 0.2) is 0 Å². The second-order valence-electron chi connectivity index (χ2n) is 6.51. The zero-order valence-corrected chi connectivity index (χ0v) is 16.6. The fourth-order valence-corrected chi connectivity index (χ4v) is 3.09. The summed E-state index contributed by atoms with van der Waals surface area (Å²) >= 11 is 0. The average Bonchev–Trinajstić information content (AvgIpc) is 2.92. The van der Waals surface area contributed by atoms with Crippen molar-refractivity contribution in [2.24, 2.45) is 5.92 Å². The summed E-state index contributed by atoms with van der Waals surface area (Å²) in [6.07, 6.45) is 2.87. The summed E-state index contributed by atoms with van der Waals surface area (Å²) in [6, 6.07) is 17.4. The maximum atomic E-state index is 6.13. The Bertz CT molecular complexity index is 1040. The van der Waals surface area contributed by atoms with E-state index in [1.807, 2.05) is 41.1 Å². The molecule has 0 unspecified atom stereocenters. The number of aromatic nitrogens is 2. The van der Waals surface area contributed by atoms with Crippen molar-refractivity contribution < 1.29 is 29.1 Å². The van der Waals surface area contributed by atoms with Crippen LogP contribution in [0.1, 0.15) is 19.5 Å². The molecule has 0 spiro atoms. The van der Waals surface area contributed by atoms with E-state index in [0.29, 0.717) is 11.6 Å². The molecule has 0 fully saturated rings. The zero-order chi connectivity index (χ0) is 16.7. The fraction of sp³-hybridized carbons (Fsp3) is 0.190. The van der Waals surface area contributed by atoms with Crippen molar-refractivity contribution in [3.8, 4) is 11.3 Å². The van der Waals surface area contributed by atoms with E-state index in [0.717, 1.165) is 39.7 Å². The number of fused-ring (bicyclic) bond motifs is 3. The van der Waals surface area contributed by atoms with Gasteiger partial charge >= 0.3 is 0 Å². The van der Waals surface area contributed by atoms with Crippen molar-refractivity contribution in [2.75, 3.05) is 0 Å². The largest absolute Gasteiger partial charge is 0.486 e. The molecule has 4 heteroatoms. The standard InChI is InChI=1S/C21H19N2O.Ir/c1-14(2)13-15-10-11-17-16-7-6-8-18(20(16)24-21(17)22-15)19-9-4-5-12-23(19)3;/h4-7,9-12,14H,3,13H2,1-2H3;/q-1;. The smallest absolute Gasteiger partial charge is 0.216 e. The van der Waals surface area contributed by atoms with Gasteiger partial charge in [0, 0.05) is 38.2 Å². The summed E-state index contributed by atoms with van der Waals surface area (Å²) in [6.45, 7) is 4.39. The van der Waals surface area contributed by atoms with Crippen LogP contribution in [-0.4, -0.2) is 4.98 Å². The summed E-state index contributed by atoms with van der Waals surface area (Å²) in [5, 5.41) is 2.10. The maximum Gasteiger partial charge on any atom is 0.216 e. The third kappa shape index (κ3) is 3.20. The molecule has 0 aliphatic carbocycles. The molecule has 0 N–H and O–H groups in total. The van der Waals surface area contributed by atoms with Crippen LogP contribution in [0, 0.1) is 19.0 Å². The average molecular weight is 508 g/mol. The van der Waals surface area contributed by atoms with Gasteiger partial charge in [-0.1, -0.05) is 31.4 Å². The molecule has 1 radical (unpaired) electrons. The van der Waals surface area contributed by atoms with Crippen LogP contribution in [0.4, 0.5) is 0 Å². The van der Waals surface area contributed by atoms with Crippen LogP contribution in [0.3, 0.4) is 0 Å². The van der Waals surface area contributed by atoms with Gasteiger partial charge in [-0.3, -0.25) is 0 Å². The van der Waals surface area contributed by atoms with E-state index in [1.165, 1.54) is 0 Å². The van der Waals surface area contributed by atoms with Gasteiger partial charge in [0.05, 0.1) is 11.8 Å². The normalized spacial score (nSPS) is 11.2. The molecule has 0 aliphatic heterocycles. The van der Waals surface area contributed by atoms with Gasteiger partial charge in [0.2, 0.25) is 5.71 Å². The first kappa shape index (κ1) is 17.7. The van der Waals surface area contributed by atoms with E-state index >= 15 is 0 Å². The van der Waals surface area contributed by atoms with E-state index in [-0.39, 0.29) is 20.1 Å². The number of hydrogen-bond acceptors (Lipinski definition) is 2. The predicted octanol–water partition coefficient (Wildman–Crippen LogP) is 4.57. The molecular weight excluding hydrogens is 488 g/mol. The molecule has 0 atom stereocenters. The number of benzene rings is 1. The van der Waals surface area contributed by atoms with Gasteiger partial charge in [-0.25, -0.2) is 4.98 Å². The van der Waals surface area contributed by atoms with Crippen molar-refractivity contribution >= 4 is 22.1 Å². The first-order chi connectivity index (χ1) is 11.6. The number of nitrogens with zero attached hydrogens (tertiary/aromatic N) is 2. The van der Waals surface area contributed by atoms with E-state index in [2.05, 4.69) is 39.1 Å². The summed E-state index contributed by atoms with van der Waals surface area (Å²) < 4.78 is 7.96. The Balaban J connectivity index is 0.00000182. The Kier molecular flexibility index (Phi) is 4.94. The minimum Gasteiger partial charge on any atom is -0.486 e. The van der Waals surface area contributed by atoms with E-state index in [4.69, 9.17) is 9.40 Å². The molecule has 0 saturated carbocycles. The Labute approximate surface area is 161 Å². The van der Waals surface area contributed by atoms with Crippen molar-refractivity contribution in [1.82, 2.24) is 4.98 Å². The van der Waals surface area contributed by atoms with Crippen molar-refractivity contribution in [3.63, 3.8) is 0 Å². The van der Waals surface area contributed by atoms with Gasteiger partial charge in [-0.15, -0.1) is 18.2 Å². The molecular formula is C21H19IrN2O-. The Hall–Kier alpha value is -2.16. The molecule has 0 saturated heterocycles. The van der Waals surface area contributed by atoms with Crippen LogP contribution < -0.4 is 4.57 Å². The van der Waals surface area contributed by atoms with Crippen molar-refractivity contribution in [3.05, 3.63) is 67.5 Å². The van der Waals surface area contributed by atoms with E-state index < -0.39 is 0 Å². The Morgan fingerprint density at radius 3 is 2.76 bits per heavy atom. The summed E-state index contributed by atoms with van der Waals surface area (Å²) in [4.78, 5) is 4.71. The van der Waals surface area contributed by atoms with Gasteiger partial charge in [-0.2, -0.15) is 0 Å². The molecule has 3 aromatic heterocycles. The fourth-order valence-electron chi connectivity index (χ4n) is 3.09. The van der Waals surface area contributed by atoms with Crippen molar-refractivity contribution in [2.45, 2.75) is 20.3 Å². The van der Waals surface area contributed by atoms with Crippen LogP contribution in [0.2, 0.25) is 0 Å². The number of hydrogen-bond donors (Lipinski definition) is 0. The second-order valence-corrected chi connectivity index (χ2v) is 6.51. The third-order valence-electron chi connectivity index (χ3n) is 4.17. The topological polar surface area (TPSA) is 29.9 Å². The minimum atomic E-state index is 0. The van der Waals surface area contributed by atoms with Crippen LogP contribution >= 0.6 is 0 Å². The maximum absolute atomic E-state index is 6.13. The van der Waals surface area contributed by atoms with Crippen molar-refractivity contribution in [1.29, 1.82) is 0 Å². The van der Waals surface area contributed by atoms with Crippen LogP contribution in [0.25, 0.3) is 33.3 Å². The van der Waals surface area contributed by atoms with Gasteiger partial charge in [0.25, 0.3) is 0 Å². The quantitative estimate of drug-likeness (QED) is 0.300. The second kappa shape index (κ2) is 6.99. The number of rotatable bonds is 3. The number of pyridine rings is 2. The Morgan fingerprint density at radius 2 is 2.00 bits per heavy atom. The van der Waals surface area contributed by atoms with Crippen LogP contribution in [0.15, 0.2) is 53.1 Å². The first-order valence-corrected chi connectivity index (χ1v) is 8.18.